The van der Waals surface area contributed by atoms with Crippen LogP contribution in [0.25, 0.3) is 0 Å². The van der Waals surface area contributed by atoms with Gasteiger partial charge in [-0.25, -0.2) is 9.97 Å². The third-order valence-corrected chi connectivity index (χ3v) is 5.30. The van der Waals surface area contributed by atoms with Crippen LogP contribution in [0.3, 0.4) is 0 Å². The maximum atomic E-state index is 11.8. The van der Waals surface area contributed by atoms with Crippen LogP contribution in [0.1, 0.15) is 31.4 Å². The first kappa shape index (κ1) is 12.2. The molecule has 1 atom stereocenters. The van der Waals surface area contributed by atoms with Gasteiger partial charge in [0.25, 0.3) is 0 Å². The Bertz CT molecular complexity index is 445. The molecule has 0 bridgehead atoms. The Hall–Kier alpha value is -0.850. The molecule has 2 aliphatic rings. The van der Waals surface area contributed by atoms with E-state index in [9.17, 15) is 9.66 Å². The van der Waals surface area contributed by atoms with Crippen molar-refractivity contribution in [2.45, 2.75) is 42.5 Å². The van der Waals surface area contributed by atoms with E-state index in [1.165, 1.54) is 0 Å². The highest BCUT2D eigenvalue weighted by atomic mass is 32.2. The van der Waals surface area contributed by atoms with Crippen LogP contribution < -0.4 is 5.32 Å². The van der Waals surface area contributed by atoms with Gasteiger partial charge in [-0.2, -0.15) is 0 Å². The lowest BCUT2D eigenvalue weighted by molar-refractivity contribution is 0.143. The van der Waals surface area contributed by atoms with Gasteiger partial charge in [0, 0.05) is 0 Å². The van der Waals surface area contributed by atoms with E-state index in [1.807, 2.05) is 0 Å². The molecule has 1 aromatic heterocycles. The Kier molecular flexibility index (Phi) is 3.17. The number of fused-ring (bicyclic) bond motifs is 1. The van der Waals surface area contributed by atoms with Crippen LogP contribution in [0, 0.1) is 0 Å². The van der Waals surface area contributed by atoms with Gasteiger partial charge in [0.05, 0.1) is 18.3 Å². The molecule has 0 amide bonds. The van der Waals surface area contributed by atoms with Crippen molar-refractivity contribution in [2.24, 2.45) is 0 Å². The molecule has 1 unspecified atom stereocenters. The fraction of sp³-hybridized carbons (Fsp3) is 0.667. The average Bonchev–Trinajstić information content (AvgIpc) is 2.34. The molecule has 18 heavy (non-hydrogen) atoms. The van der Waals surface area contributed by atoms with Gasteiger partial charge in [0.15, 0.2) is 4.90 Å². The van der Waals surface area contributed by atoms with Crippen LogP contribution in [0.15, 0.2) is 11.1 Å². The molecule has 1 aliphatic heterocycles. The SMILES string of the molecule is [O-][S+]1CCCc2nc(NC3(CO)CCC3)ncc21. The Balaban J connectivity index is 1.81. The van der Waals surface area contributed by atoms with E-state index >= 15 is 0 Å². The van der Waals surface area contributed by atoms with Gasteiger partial charge in [-0.1, -0.05) is 0 Å². The summed E-state index contributed by atoms with van der Waals surface area (Å²) in [7, 11) is 0. The molecule has 98 valence electrons. The zero-order valence-corrected chi connectivity index (χ0v) is 11.0. The molecule has 1 saturated carbocycles. The lowest BCUT2D eigenvalue weighted by Gasteiger charge is -2.41. The monoisotopic (exact) mass is 267 g/mol. The van der Waals surface area contributed by atoms with E-state index in [0.717, 1.165) is 42.7 Å². The van der Waals surface area contributed by atoms with E-state index in [2.05, 4.69) is 15.3 Å². The third kappa shape index (κ3) is 2.08. The zero-order chi connectivity index (χ0) is 12.6. The molecule has 3 rings (SSSR count). The third-order valence-electron chi connectivity index (χ3n) is 3.81. The molecular formula is C12H17N3O2S. The smallest absolute Gasteiger partial charge is 0.223 e. The van der Waals surface area contributed by atoms with Gasteiger partial charge in [-0.3, -0.25) is 0 Å². The highest BCUT2D eigenvalue weighted by Gasteiger charge is 2.37. The van der Waals surface area contributed by atoms with Gasteiger partial charge < -0.3 is 15.0 Å². The van der Waals surface area contributed by atoms with Crippen molar-refractivity contribution in [2.75, 3.05) is 17.7 Å². The minimum atomic E-state index is -0.938. The van der Waals surface area contributed by atoms with Gasteiger partial charge in [0.1, 0.15) is 11.4 Å². The number of hydrogen-bond donors (Lipinski definition) is 2. The summed E-state index contributed by atoms with van der Waals surface area (Å²) < 4.78 is 11.8. The minimum absolute atomic E-state index is 0.110. The average molecular weight is 267 g/mol. The van der Waals surface area contributed by atoms with Gasteiger partial charge in [0.2, 0.25) is 5.95 Å². The molecule has 0 spiro atoms. The molecule has 1 aromatic rings. The summed E-state index contributed by atoms with van der Waals surface area (Å²) >= 11 is -0.938. The number of aryl methyl sites for hydroxylation is 1. The molecule has 2 N–H and O–H groups in total. The van der Waals surface area contributed by atoms with Crippen molar-refractivity contribution in [1.82, 2.24) is 9.97 Å². The van der Waals surface area contributed by atoms with E-state index in [1.54, 1.807) is 6.20 Å². The lowest BCUT2D eigenvalue weighted by Crippen LogP contribution is -2.48. The summed E-state index contributed by atoms with van der Waals surface area (Å²) in [6.07, 6.45) is 6.49. The summed E-state index contributed by atoms with van der Waals surface area (Å²) in [5.41, 5.74) is 0.659. The van der Waals surface area contributed by atoms with Crippen molar-refractivity contribution < 1.29 is 9.66 Å². The van der Waals surface area contributed by atoms with Gasteiger partial charge in [-0.15, -0.1) is 0 Å². The molecule has 2 heterocycles. The number of nitrogens with zero attached hydrogens (tertiary/aromatic N) is 2. The van der Waals surface area contributed by atoms with E-state index in [-0.39, 0.29) is 12.1 Å². The topological polar surface area (TPSA) is 81.1 Å². The number of aliphatic hydroxyl groups is 1. The second-order valence-electron chi connectivity index (χ2n) is 5.07. The summed E-state index contributed by atoms with van der Waals surface area (Å²) in [6, 6.07) is 0. The standard InChI is InChI=1S/C12H17N3O2S/c16-8-12(4-2-5-12)15-11-13-7-10-9(14-11)3-1-6-18(10)17/h7,16H,1-6,8H2,(H,13,14,15). The molecule has 0 radical (unpaired) electrons. The van der Waals surface area contributed by atoms with Gasteiger partial charge >= 0.3 is 0 Å². The fourth-order valence-electron chi connectivity index (χ4n) is 2.48. The Labute approximate surface area is 109 Å². The lowest BCUT2D eigenvalue weighted by atomic mass is 9.77. The van der Waals surface area contributed by atoms with Crippen molar-refractivity contribution >= 4 is 17.1 Å². The molecule has 0 saturated heterocycles. The van der Waals surface area contributed by atoms with Crippen LogP contribution in [0.4, 0.5) is 5.95 Å². The number of anilines is 1. The first-order valence-corrected chi connectivity index (χ1v) is 7.68. The largest absolute Gasteiger partial charge is 0.611 e. The second-order valence-corrected chi connectivity index (χ2v) is 6.61. The molecule has 1 fully saturated rings. The van der Waals surface area contributed by atoms with Crippen LogP contribution in [0.2, 0.25) is 0 Å². The quantitative estimate of drug-likeness (QED) is 0.794. The predicted octanol–water partition coefficient (Wildman–Crippen LogP) is 0.857. The van der Waals surface area contributed by atoms with E-state index < -0.39 is 11.2 Å². The predicted molar refractivity (Wildman–Crippen MR) is 68.9 cm³/mol. The van der Waals surface area contributed by atoms with Crippen LogP contribution in [0.5, 0.6) is 0 Å². The summed E-state index contributed by atoms with van der Waals surface area (Å²) in [4.78, 5) is 9.46. The van der Waals surface area contributed by atoms with Crippen molar-refractivity contribution in [3.63, 3.8) is 0 Å². The minimum Gasteiger partial charge on any atom is -0.611 e. The number of hydrogen-bond acceptors (Lipinski definition) is 5. The first-order valence-electron chi connectivity index (χ1n) is 6.36. The summed E-state index contributed by atoms with van der Waals surface area (Å²) in [5, 5.41) is 12.6. The fourth-order valence-corrected chi connectivity index (χ4v) is 3.69. The molecule has 5 nitrogen and oxygen atoms in total. The Morgan fingerprint density at radius 2 is 2.28 bits per heavy atom. The number of nitrogens with one attached hydrogen (secondary N) is 1. The summed E-state index contributed by atoms with van der Waals surface area (Å²) in [5.74, 6) is 1.27. The number of aromatic nitrogens is 2. The number of aliphatic hydroxyl groups excluding tert-OH is 1. The molecular weight excluding hydrogens is 250 g/mol. The van der Waals surface area contributed by atoms with Crippen LogP contribution >= 0.6 is 0 Å². The van der Waals surface area contributed by atoms with E-state index in [0.29, 0.717) is 11.7 Å². The molecule has 1 aliphatic carbocycles. The second kappa shape index (κ2) is 4.68. The molecule has 0 aromatic carbocycles. The number of rotatable bonds is 3. The molecule has 6 heteroatoms. The van der Waals surface area contributed by atoms with Crippen LogP contribution in [-0.2, 0) is 17.6 Å². The van der Waals surface area contributed by atoms with Crippen molar-refractivity contribution in [3.8, 4) is 0 Å². The maximum Gasteiger partial charge on any atom is 0.223 e. The van der Waals surface area contributed by atoms with Crippen molar-refractivity contribution in [3.05, 3.63) is 11.9 Å². The highest BCUT2D eigenvalue weighted by Crippen LogP contribution is 2.34. The van der Waals surface area contributed by atoms with E-state index in [4.69, 9.17) is 0 Å². The van der Waals surface area contributed by atoms with Gasteiger partial charge in [-0.05, 0) is 43.3 Å². The summed E-state index contributed by atoms with van der Waals surface area (Å²) in [6.45, 7) is 0.110. The highest BCUT2D eigenvalue weighted by molar-refractivity contribution is 7.91. The zero-order valence-electron chi connectivity index (χ0n) is 10.2. The van der Waals surface area contributed by atoms with Crippen LogP contribution in [-0.4, -0.2) is 37.5 Å². The maximum absolute atomic E-state index is 11.8. The normalized spacial score (nSPS) is 25.1. The Morgan fingerprint density at radius 3 is 2.94 bits per heavy atom. The Morgan fingerprint density at radius 1 is 1.44 bits per heavy atom. The van der Waals surface area contributed by atoms with Crippen molar-refractivity contribution in [1.29, 1.82) is 0 Å². The first-order chi connectivity index (χ1) is 8.72.